The lowest BCUT2D eigenvalue weighted by molar-refractivity contribution is -0.153. The van der Waals surface area contributed by atoms with E-state index in [4.69, 9.17) is 16.3 Å². The molecule has 2 aromatic rings. The van der Waals surface area contributed by atoms with Crippen LogP contribution in [0.3, 0.4) is 0 Å². The van der Waals surface area contributed by atoms with Crippen molar-refractivity contribution in [2.45, 2.75) is 26.9 Å². The first-order valence-corrected chi connectivity index (χ1v) is 8.19. The van der Waals surface area contributed by atoms with Crippen molar-refractivity contribution < 1.29 is 14.6 Å². The summed E-state index contributed by atoms with van der Waals surface area (Å²) in [4.78, 5) is 15.8. The smallest absolute Gasteiger partial charge is 0.333 e. The van der Waals surface area contributed by atoms with Crippen LogP contribution in [0.1, 0.15) is 26.3 Å². The summed E-state index contributed by atoms with van der Waals surface area (Å²) in [5, 5.41) is 14.5. The monoisotopic (exact) mass is 363 g/mol. The first-order valence-electron chi connectivity index (χ1n) is 7.82. The van der Waals surface area contributed by atoms with Gasteiger partial charge < -0.3 is 9.84 Å². The standard InChI is InChI=1S/C18H22ClN3O3/c1-18(2,3)15(16(25-4)17(23)24)14(22-11-20-10-21-22)9-12-5-7-13(19)8-6-12/h5-11,15-16H,1-4H3,(H,23,24). The Kier molecular flexibility index (Phi) is 5.98. The molecule has 134 valence electrons. The Labute approximate surface area is 152 Å². The van der Waals surface area contributed by atoms with Crippen LogP contribution in [0.4, 0.5) is 0 Å². The molecule has 0 fully saturated rings. The molecule has 0 aliphatic rings. The van der Waals surface area contributed by atoms with E-state index in [-0.39, 0.29) is 0 Å². The van der Waals surface area contributed by atoms with Gasteiger partial charge in [-0.3, -0.25) is 0 Å². The maximum absolute atomic E-state index is 11.8. The molecule has 1 aromatic carbocycles. The fourth-order valence-corrected chi connectivity index (χ4v) is 2.93. The van der Waals surface area contributed by atoms with Crippen LogP contribution >= 0.6 is 11.6 Å². The van der Waals surface area contributed by atoms with Gasteiger partial charge in [-0.1, -0.05) is 44.5 Å². The predicted molar refractivity (Wildman–Crippen MR) is 97.0 cm³/mol. The zero-order valence-corrected chi connectivity index (χ0v) is 15.4. The fraction of sp³-hybridized carbons (Fsp3) is 0.389. The lowest BCUT2D eigenvalue weighted by atomic mass is 9.74. The van der Waals surface area contributed by atoms with Crippen molar-refractivity contribution in [3.8, 4) is 0 Å². The molecule has 1 N–H and O–H groups in total. The summed E-state index contributed by atoms with van der Waals surface area (Å²) in [6.07, 6.45) is 3.82. The van der Waals surface area contributed by atoms with Crippen LogP contribution < -0.4 is 0 Å². The van der Waals surface area contributed by atoms with Crippen LogP contribution in [0, 0.1) is 11.3 Å². The van der Waals surface area contributed by atoms with Crippen molar-refractivity contribution >= 4 is 29.3 Å². The maximum Gasteiger partial charge on any atom is 0.333 e. The molecule has 0 amide bonds. The van der Waals surface area contributed by atoms with Crippen LogP contribution in [-0.4, -0.2) is 39.1 Å². The van der Waals surface area contributed by atoms with Gasteiger partial charge in [0.05, 0.1) is 5.70 Å². The van der Waals surface area contributed by atoms with E-state index in [2.05, 4.69) is 10.1 Å². The van der Waals surface area contributed by atoms with Gasteiger partial charge in [0, 0.05) is 18.1 Å². The first kappa shape index (κ1) is 19.1. The van der Waals surface area contributed by atoms with E-state index < -0.39 is 23.4 Å². The number of methoxy groups -OCH3 is 1. The number of ether oxygens (including phenoxy) is 1. The fourth-order valence-electron chi connectivity index (χ4n) is 2.80. The second-order valence-electron chi connectivity index (χ2n) is 6.80. The van der Waals surface area contributed by atoms with Gasteiger partial charge in [0.2, 0.25) is 0 Å². The number of hydrogen-bond acceptors (Lipinski definition) is 4. The molecule has 0 saturated carbocycles. The Morgan fingerprint density at radius 3 is 2.40 bits per heavy atom. The van der Waals surface area contributed by atoms with E-state index in [1.807, 2.05) is 39.0 Å². The Morgan fingerprint density at radius 2 is 1.96 bits per heavy atom. The summed E-state index contributed by atoms with van der Waals surface area (Å²) in [5.74, 6) is -1.49. The summed E-state index contributed by atoms with van der Waals surface area (Å²) in [7, 11) is 1.40. The van der Waals surface area contributed by atoms with Crippen LogP contribution in [-0.2, 0) is 9.53 Å². The molecular formula is C18H22ClN3O3. The lowest BCUT2D eigenvalue weighted by Crippen LogP contribution is -2.41. The second kappa shape index (κ2) is 7.80. The number of aromatic nitrogens is 3. The number of hydrogen-bond donors (Lipinski definition) is 1. The molecule has 0 aliphatic carbocycles. The summed E-state index contributed by atoms with van der Waals surface area (Å²) >= 11 is 5.95. The third-order valence-electron chi connectivity index (χ3n) is 3.92. The molecule has 6 nitrogen and oxygen atoms in total. The van der Waals surface area contributed by atoms with Gasteiger partial charge in [-0.25, -0.2) is 14.5 Å². The zero-order valence-electron chi connectivity index (χ0n) is 14.7. The lowest BCUT2D eigenvalue weighted by Gasteiger charge is -2.36. The highest BCUT2D eigenvalue weighted by Crippen LogP contribution is 2.39. The molecule has 2 atom stereocenters. The normalized spacial score (nSPS) is 15.0. The number of aliphatic carboxylic acids is 1. The molecule has 2 rings (SSSR count). The minimum atomic E-state index is -1.03. The molecule has 0 aliphatic heterocycles. The number of halogens is 1. The van der Waals surface area contributed by atoms with Crippen molar-refractivity contribution in [2.24, 2.45) is 11.3 Å². The quantitative estimate of drug-likeness (QED) is 0.846. The molecule has 25 heavy (non-hydrogen) atoms. The van der Waals surface area contributed by atoms with Crippen LogP contribution in [0.5, 0.6) is 0 Å². The molecule has 0 saturated heterocycles. The van der Waals surface area contributed by atoms with Crippen LogP contribution in [0.2, 0.25) is 5.02 Å². The number of nitrogens with zero attached hydrogens (tertiary/aromatic N) is 3. The van der Waals surface area contributed by atoms with Gasteiger partial charge in [0.15, 0.2) is 6.10 Å². The summed E-state index contributed by atoms with van der Waals surface area (Å²) in [6.45, 7) is 5.91. The van der Waals surface area contributed by atoms with Crippen LogP contribution in [0.15, 0.2) is 36.9 Å². The van der Waals surface area contributed by atoms with Gasteiger partial charge in [-0.2, -0.15) is 5.10 Å². The Morgan fingerprint density at radius 1 is 1.32 bits per heavy atom. The second-order valence-corrected chi connectivity index (χ2v) is 7.24. The SMILES string of the molecule is COC(C(=O)O)C(C(=Cc1ccc(Cl)cc1)n1cncn1)C(C)(C)C. The summed E-state index contributed by atoms with van der Waals surface area (Å²) < 4.78 is 6.90. The number of carboxylic acid groups (broad SMARTS) is 1. The molecule has 0 spiro atoms. The Bertz CT molecular complexity index is 734. The number of benzene rings is 1. The molecule has 2 unspecified atom stereocenters. The molecule has 1 aromatic heterocycles. The maximum atomic E-state index is 11.8. The number of carboxylic acids is 1. The minimum Gasteiger partial charge on any atom is -0.479 e. The van der Waals surface area contributed by atoms with Gasteiger partial charge >= 0.3 is 5.97 Å². The highest BCUT2D eigenvalue weighted by molar-refractivity contribution is 6.30. The van der Waals surface area contributed by atoms with Crippen molar-refractivity contribution in [3.05, 3.63) is 47.5 Å². The van der Waals surface area contributed by atoms with E-state index in [9.17, 15) is 9.90 Å². The minimum absolute atomic E-state index is 0.400. The van der Waals surface area contributed by atoms with Crippen molar-refractivity contribution in [2.75, 3.05) is 7.11 Å². The van der Waals surface area contributed by atoms with Gasteiger partial charge in [0.25, 0.3) is 0 Å². The molecule has 1 heterocycles. The predicted octanol–water partition coefficient (Wildman–Crippen LogP) is 3.69. The third-order valence-corrected chi connectivity index (χ3v) is 4.17. The molecule has 0 bridgehead atoms. The molecule has 7 heteroatoms. The van der Waals surface area contributed by atoms with Crippen LogP contribution in [0.25, 0.3) is 11.8 Å². The van der Waals surface area contributed by atoms with Gasteiger partial charge in [-0.05, 0) is 29.2 Å². The van der Waals surface area contributed by atoms with Crippen molar-refractivity contribution in [1.29, 1.82) is 0 Å². The average Bonchev–Trinajstić information content (AvgIpc) is 3.05. The first-order chi connectivity index (χ1) is 11.7. The number of carbonyl (C=O) groups is 1. The van der Waals surface area contributed by atoms with E-state index in [0.29, 0.717) is 10.7 Å². The highest BCUT2D eigenvalue weighted by atomic mass is 35.5. The van der Waals surface area contributed by atoms with E-state index >= 15 is 0 Å². The Hall–Kier alpha value is -2.18. The van der Waals surface area contributed by atoms with Crippen molar-refractivity contribution in [1.82, 2.24) is 14.8 Å². The highest BCUT2D eigenvalue weighted by Gasteiger charge is 2.40. The van der Waals surface area contributed by atoms with Gasteiger partial charge in [-0.15, -0.1) is 0 Å². The van der Waals surface area contributed by atoms with Gasteiger partial charge in [0.1, 0.15) is 12.7 Å². The topological polar surface area (TPSA) is 77.2 Å². The van der Waals surface area contributed by atoms with E-state index in [1.54, 1.807) is 23.1 Å². The number of rotatable bonds is 6. The molecular weight excluding hydrogens is 342 g/mol. The summed E-state index contributed by atoms with van der Waals surface area (Å²) in [5.41, 5.74) is 1.16. The average molecular weight is 364 g/mol. The van der Waals surface area contributed by atoms with E-state index in [0.717, 1.165) is 5.56 Å². The molecule has 0 radical (unpaired) electrons. The Balaban J connectivity index is 2.62. The zero-order chi connectivity index (χ0) is 18.6. The summed E-state index contributed by atoms with van der Waals surface area (Å²) in [6, 6.07) is 7.29. The largest absolute Gasteiger partial charge is 0.479 e. The van der Waals surface area contributed by atoms with E-state index in [1.165, 1.54) is 13.4 Å². The van der Waals surface area contributed by atoms with Crippen molar-refractivity contribution in [3.63, 3.8) is 0 Å². The third kappa shape index (κ3) is 4.67.